The highest BCUT2D eigenvalue weighted by Crippen LogP contribution is 1.92. The summed E-state index contributed by atoms with van der Waals surface area (Å²) in [5.74, 6) is 0. The molecule has 0 aromatic heterocycles. The maximum absolute atomic E-state index is 5.29. The van der Waals surface area contributed by atoms with Gasteiger partial charge in [0.15, 0.2) is 6.29 Å². The van der Waals surface area contributed by atoms with Crippen molar-refractivity contribution in [2.24, 2.45) is 0 Å². The third-order valence-corrected chi connectivity index (χ3v) is 1.45. The molecule has 0 heterocycles. The van der Waals surface area contributed by atoms with Gasteiger partial charge < -0.3 is 14.2 Å². The van der Waals surface area contributed by atoms with Crippen LogP contribution in [0.25, 0.3) is 0 Å². The molecular weight excluding hydrogens is 186 g/mol. The summed E-state index contributed by atoms with van der Waals surface area (Å²) in [6.45, 7) is 6.72. The van der Waals surface area contributed by atoms with E-state index in [0.29, 0.717) is 33.0 Å². The average Bonchev–Trinajstić information content (AvgIpc) is 2.18. The van der Waals surface area contributed by atoms with E-state index in [-0.39, 0.29) is 6.29 Å². The lowest BCUT2D eigenvalue weighted by Gasteiger charge is -2.17. The SMILES string of the molecule is CCOC(CNOCCOC)OCC. The lowest BCUT2D eigenvalue weighted by molar-refractivity contribution is -0.150. The normalized spacial score (nSPS) is 11.1. The van der Waals surface area contributed by atoms with E-state index in [2.05, 4.69) is 5.48 Å². The average molecular weight is 207 g/mol. The van der Waals surface area contributed by atoms with Crippen LogP contribution in [0, 0.1) is 0 Å². The molecule has 0 bridgehead atoms. The highest BCUT2D eigenvalue weighted by molar-refractivity contribution is 4.43. The molecule has 0 fully saturated rings. The summed E-state index contributed by atoms with van der Waals surface area (Å²) in [7, 11) is 1.63. The molecule has 0 aromatic rings. The van der Waals surface area contributed by atoms with Gasteiger partial charge in [0.1, 0.15) is 0 Å². The van der Waals surface area contributed by atoms with E-state index >= 15 is 0 Å². The Hall–Kier alpha value is -0.200. The van der Waals surface area contributed by atoms with E-state index in [0.717, 1.165) is 0 Å². The molecule has 0 atom stereocenters. The summed E-state index contributed by atoms with van der Waals surface area (Å²) in [5.41, 5.74) is 2.76. The summed E-state index contributed by atoms with van der Waals surface area (Å²) in [5, 5.41) is 0. The van der Waals surface area contributed by atoms with Gasteiger partial charge in [0.05, 0.1) is 19.8 Å². The van der Waals surface area contributed by atoms with Crippen LogP contribution in [0.2, 0.25) is 0 Å². The van der Waals surface area contributed by atoms with Gasteiger partial charge in [0.25, 0.3) is 0 Å². The Labute approximate surface area is 85.6 Å². The molecule has 0 aliphatic rings. The third kappa shape index (κ3) is 8.40. The van der Waals surface area contributed by atoms with Crippen molar-refractivity contribution in [2.75, 3.05) is 40.1 Å². The standard InChI is InChI=1S/C9H21NO4/c1-4-12-9(13-5-2)8-10-14-7-6-11-3/h9-10H,4-8H2,1-3H3. The van der Waals surface area contributed by atoms with Gasteiger partial charge in [-0.3, -0.25) is 4.84 Å². The molecule has 5 nitrogen and oxygen atoms in total. The van der Waals surface area contributed by atoms with Gasteiger partial charge in [-0.2, -0.15) is 5.48 Å². The molecule has 0 radical (unpaired) electrons. The van der Waals surface area contributed by atoms with Gasteiger partial charge in [-0.15, -0.1) is 0 Å². The number of hydrogen-bond acceptors (Lipinski definition) is 5. The van der Waals surface area contributed by atoms with Crippen LogP contribution in [0.1, 0.15) is 13.8 Å². The molecule has 0 spiro atoms. The van der Waals surface area contributed by atoms with Gasteiger partial charge in [-0.1, -0.05) is 0 Å². The first-order chi connectivity index (χ1) is 6.85. The number of hydroxylamine groups is 1. The fourth-order valence-corrected chi connectivity index (χ4v) is 0.862. The van der Waals surface area contributed by atoms with Gasteiger partial charge in [-0.05, 0) is 13.8 Å². The monoisotopic (exact) mass is 207 g/mol. The topological polar surface area (TPSA) is 49.0 Å². The van der Waals surface area contributed by atoms with Crippen LogP contribution in [0.5, 0.6) is 0 Å². The molecule has 5 heteroatoms. The molecule has 1 N–H and O–H groups in total. The van der Waals surface area contributed by atoms with E-state index < -0.39 is 0 Å². The van der Waals surface area contributed by atoms with Crippen molar-refractivity contribution >= 4 is 0 Å². The zero-order valence-corrected chi connectivity index (χ0v) is 9.25. The zero-order chi connectivity index (χ0) is 10.6. The molecule has 0 aromatic carbocycles. The van der Waals surface area contributed by atoms with E-state index in [4.69, 9.17) is 19.0 Å². The molecule has 0 saturated heterocycles. The third-order valence-electron chi connectivity index (χ3n) is 1.45. The molecule has 0 unspecified atom stereocenters. The van der Waals surface area contributed by atoms with Crippen molar-refractivity contribution in [1.82, 2.24) is 5.48 Å². The minimum absolute atomic E-state index is 0.243. The van der Waals surface area contributed by atoms with E-state index in [9.17, 15) is 0 Å². The van der Waals surface area contributed by atoms with E-state index in [1.165, 1.54) is 0 Å². The van der Waals surface area contributed by atoms with Crippen molar-refractivity contribution in [3.05, 3.63) is 0 Å². The fraction of sp³-hybridized carbons (Fsp3) is 1.00. The lowest BCUT2D eigenvalue weighted by Crippen LogP contribution is -2.32. The Kier molecular flexibility index (Phi) is 10.7. The minimum Gasteiger partial charge on any atom is -0.382 e. The van der Waals surface area contributed by atoms with Crippen LogP contribution in [0.4, 0.5) is 0 Å². The lowest BCUT2D eigenvalue weighted by atomic mass is 10.6. The van der Waals surface area contributed by atoms with Crippen LogP contribution in [-0.2, 0) is 19.0 Å². The number of methoxy groups -OCH3 is 1. The van der Waals surface area contributed by atoms with E-state index in [1.807, 2.05) is 13.8 Å². The predicted octanol–water partition coefficient (Wildman–Crippen LogP) is 0.553. The summed E-state index contributed by atoms with van der Waals surface area (Å²) < 4.78 is 15.4. The second-order valence-corrected chi connectivity index (χ2v) is 2.53. The Morgan fingerprint density at radius 3 is 2.21 bits per heavy atom. The zero-order valence-electron chi connectivity index (χ0n) is 9.25. The first kappa shape index (κ1) is 13.8. The highest BCUT2D eigenvalue weighted by atomic mass is 16.7. The Morgan fingerprint density at radius 1 is 1.07 bits per heavy atom. The van der Waals surface area contributed by atoms with Crippen molar-refractivity contribution in [3.63, 3.8) is 0 Å². The molecule has 0 rings (SSSR count). The molecule has 14 heavy (non-hydrogen) atoms. The van der Waals surface area contributed by atoms with Crippen LogP contribution >= 0.6 is 0 Å². The van der Waals surface area contributed by atoms with Crippen molar-refractivity contribution in [3.8, 4) is 0 Å². The number of ether oxygens (including phenoxy) is 3. The minimum atomic E-state index is -0.243. The first-order valence-corrected chi connectivity index (χ1v) is 4.91. The summed E-state index contributed by atoms with van der Waals surface area (Å²) in [4.78, 5) is 5.06. The van der Waals surface area contributed by atoms with Gasteiger partial charge >= 0.3 is 0 Å². The number of rotatable bonds is 10. The number of nitrogens with one attached hydrogen (secondary N) is 1. The molecule has 0 aliphatic heterocycles. The maximum atomic E-state index is 5.29. The second-order valence-electron chi connectivity index (χ2n) is 2.53. The predicted molar refractivity (Wildman–Crippen MR) is 52.9 cm³/mol. The molecule has 86 valence electrons. The number of hydrogen-bond donors (Lipinski definition) is 1. The first-order valence-electron chi connectivity index (χ1n) is 4.91. The Balaban J connectivity index is 3.30. The highest BCUT2D eigenvalue weighted by Gasteiger charge is 2.06. The fourth-order valence-electron chi connectivity index (χ4n) is 0.862. The largest absolute Gasteiger partial charge is 0.382 e. The smallest absolute Gasteiger partial charge is 0.172 e. The van der Waals surface area contributed by atoms with Gasteiger partial charge in [-0.25, -0.2) is 0 Å². The van der Waals surface area contributed by atoms with Crippen LogP contribution in [0.15, 0.2) is 0 Å². The molecule has 0 saturated carbocycles. The Morgan fingerprint density at radius 2 is 1.71 bits per heavy atom. The quantitative estimate of drug-likeness (QED) is 0.322. The molecule has 0 aliphatic carbocycles. The van der Waals surface area contributed by atoms with Crippen LogP contribution < -0.4 is 5.48 Å². The summed E-state index contributed by atoms with van der Waals surface area (Å²) in [6, 6.07) is 0. The van der Waals surface area contributed by atoms with Crippen LogP contribution in [-0.4, -0.2) is 46.4 Å². The van der Waals surface area contributed by atoms with Crippen molar-refractivity contribution in [2.45, 2.75) is 20.1 Å². The summed E-state index contributed by atoms with van der Waals surface area (Å²) in [6.07, 6.45) is -0.243. The van der Waals surface area contributed by atoms with Crippen molar-refractivity contribution < 1.29 is 19.0 Å². The summed E-state index contributed by atoms with van der Waals surface area (Å²) >= 11 is 0. The second kappa shape index (κ2) is 10.9. The molecular formula is C9H21NO4. The van der Waals surface area contributed by atoms with Crippen LogP contribution in [0.3, 0.4) is 0 Å². The maximum Gasteiger partial charge on any atom is 0.172 e. The van der Waals surface area contributed by atoms with Crippen molar-refractivity contribution in [1.29, 1.82) is 0 Å². The van der Waals surface area contributed by atoms with Gasteiger partial charge in [0.2, 0.25) is 0 Å². The molecule has 0 amide bonds. The van der Waals surface area contributed by atoms with E-state index in [1.54, 1.807) is 7.11 Å². The van der Waals surface area contributed by atoms with Gasteiger partial charge in [0, 0.05) is 20.3 Å². The Bertz CT molecular complexity index is 107.